The molecule has 0 aliphatic rings. The summed E-state index contributed by atoms with van der Waals surface area (Å²) >= 11 is 1.33. The number of hydrogen-bond acceptors (Lipinski definition) is 5. The van der Waals surface area contributed by atoms with Gasteiger partial charge in [0.15, 0.2) is 5.16 Å². The second-order valence-electron chi connectivity index (χ2n) is 6.35. The van der Waals surface area contributed by atoms with Crippen molar-refractivity contribution in [2.24, 2.45) is 0 Å². The van der Waals surface area contributed by atoms with Gasteiger partial charge in [0.05, 0.1) is 22.3 Å². The summed E-state index contributed by atoms with van der Waals surface area (Å²) in [7, 11) is 0. The van der Waals surface area contributed by atoms with Crippen molar-refractivity contribution in [1.29, 1.82) is 0 Å². The highest BCUT2D eigenvalue weighted by atomic mass is 32.2. The van der Waals surface area contributed by atoms with Gasteiger partial charge < -0.3 is 0 Å². The van der Waals surface area contributed by atoms with Gasteiger partial charge in [-0.05, 0) is 30.3 Å². The van der Waals surface area contributed by atoms with Gasteiger partial charge in [-0.15, -0.1) is 0 Å². The van der Waals surface area contributed by atoms with Crippen LogP contribution in [0, 0.1) is 5.82 Å². The van der Waals surface area contributed by atoms with Crippen LogP contribution < -0.4 is 5.56 Å². The smallest absolute Gasteiger partial charge is 0.266 e. The molecule has 3 aromatic heterocycles. The highest BCUT2D eigenvalue weighted by Crippen LogP contribution is 2.25. The van der Waals surface area contributed by atoms with Crippen LogP contribution in [0.4, 0.5) is 4.39 Å². The third-order valence-corrected chi connectivity index (χ3v) is 5.44. The first kappa shape index (κ1) is 17.6. The maximum atomic E-state index is 14.5. The summed E-state index contributed by atoms with van der Waals surface area (Å²) < 4.78 is 17.7. The SMILES string of the molecule is O=c1c2ccccc2nc(SCc2cn3cccnc3n2)n1-c1ccccc1F. The number of rotatable bonds is 4. The average Bonchev–Trinajstić information content (AvgIpc) is 3.16. The topological polar surface area (TPSA) is 65.1 Å². The highest BCUT2D eigenvalue weighted by Gasteiger charge is 2.16. The zero-order valence-electron chi connectivity index (χ0n) is 15.1. The van der Waals surface area contributed by atoms with Crippen molar-refractivity contribution in [1.82, 2.24) is 23.9 Å². The summed E-state index contributed by atoms with van der Waals surface area (Å²) in [5.74, 6) is 0.578. The van der Waals surface area contributed by atoms with Crippen LogP contribution in [0.3, 0.4) is 0 Å². The molecule has 0 unspecified atom stereocenters. The Hall–Kier alpha value is -3.52. The molecule has 0 N–H and O–H groups in total. The minimum Gasteiger partial charge on any atom is -0.291 e. The molecule has 5 rings (SSSR count). The third-order valence-electron chi connectivity index (χ3n) is 4.47. The number of thioether (sulfide) groups is 1. The van der Waals surface area contributed by atoms with Gasteiger partial charge in [0, 0.05) is 24.3 Å². The number of para-hydroxylation sites is 2. The van der Waals surface area contributed by atoms with Crippen molar-refractivity contribution in [2.45, 2.75) is 10.9 Å². The molecule has 0 saturated carbocycles. The fraction of sp³-hybridized carbons (Fsp3) is 0.0476. The fourth-order valence-corrected chi connectivity index (χ4v) is 4.03. The van der Waals surface area contributed by atoms with E-state index < -0.39 is 5.82 Å². The predicted octanol–water partition coefficient (Wildman–Crippen LogP) is 3.86. The number of nitrogens with zero attached hydrogens (tertiary/aromatic N) is 5. The Morgan fingerprint density at radius 1 is 1.00 bits per heavy atom. The van der Waals surface area contributed by atoms with Crippen LogP contribution in [-0.4, -0.2) is 23.9 Å². The van der Waals surface area contributed by atoms with E-state index in [4.69, 9.17) is 0 Å². The van der Waals surface area contributed by atoms with Crippen LogP contribution >= 0.6 is 11.8 Å². The Bertz CT molecular complexity index is 1380. The van der Waals surface area contributed by atoms with Crippen LogP contribution in [0.5, 0.6) is 0 Å². The predicted molar refractivity (Wildman–Crippen MR) is 110 cm³/mol. The van der Waals surface area contributed by atoms with Gasteiger partial charge in [-0.1, -0.05) is 36.0 Å². The van der Waals surface area contributed by atoms with E-state index in [2.05, 4.69) is 15.0 Å². The van der Waals surface area contributed by atoms with Gasteiger partial charge in [-0.3, -0.25) is 13.8 Å². The van der Waals surface area contributed by atoms with E-state index in [-0.39, 0.29) is 11.2 Å². The summed E-state index contributed by atoms with van der Waals surface area (Å²) in [5, 5.41) is 0.848. The third kappa shape index (κ3) is 3.17. The van der Waals surface area contributed by atoms with Gasteiger partial charge in [-0.25, -0.2) is 19.3 Å². The first-order chi connectivity index (χ1) is 14.2. The Balaban J connectivity index is 1.62. The highest BCUT2D eigenvalue weighted by molar-refractivity contribution is 7.98. The van der Waals surface area contributed by atoms with Gasteiger partial charge in [0.2, 0.25) is 5.78 Å². The standard InChI is InChI=1S/C21H14FN5OS/c22-16-7-2-4-9-18(16)27-19(28)15-6-1-3-8-17(15)25-21(27)29-13-14-12-26-11-5-10-23-20(26)24-14/h1-12H,13H2. The maximum Gasteiger partial charge on any atom is 0.266 e. The lowest BCUT2D eigenvalue weighted by Gasteiger charge is -2.13. The molecule has 0 spiro atoms. The lowest BCUT2D eigenvalue weighted by Crippen LogP contribution is -2.22. The van der Waals surface area contributed by atoms with Gasteiger partial charge >= 0.3 is 0 Å². The monoisotopic (exact) mass is 403 g/mol. The van der Waals surface area contributed by atoms with Crippen LogP contribution in [-0.2, 0) is 5.75 Å². The molecule has 0 aliphatic heterocycles. The molecule has 8 heteroatoms. The summed E-state index contributed by atoms with van der Waals surface area (Å²) in [6, 6.07) is 15.1. The number of hydrogen-bond donors (Lipinski definition) is 0. The number of halogens is 1. The van der Waals surface area contributed by atoms with Gasteiger partial charge in [-0.2, -0.15) is 0 Å². The zero-order chi connectivity index (χ0) is 19.8. The van der Waals surface area contributed by atoms with Crippen molar-refractivity contribution in [3.8, 4) is 5.69 Å². The molecule has 0 radical (unpaired) electrons. The molecule has 0 saturated heterocycles. The van der Waals surface area contributed by atoms with E-state index in [9.17, 15) is 9.18 Å². The van der Waals surface area contributed by atoms with Gasteiger partial charge in [0.25, 0.3) is 5.56 Å². The molecule has 142 valence electrons. The number of imidazole rings is 1. The second-order valence-corrected chi connectivity index (χ2v) is 7.29. The normalized spacial score (nSPS) is 11.3. The summed E-state index contributed by atoms with van der Waals surface area (Å²) in [4.78, 5) is 26.5. The molecule has 29 heavy (non-hydrogen) atoms. The number of fused-ring (bicyclic) bond motifs is 2. The summed E-state index contributed by atoms with van der Waals surface area (Å²) in [6.45, 7) is 0. The van der Waals surface area contributed by atoms with Crippen molar-refractivity contribution in [3.05, 3.63) is 95.1 Å². The summed E-state index contributed by atoms with van der Waals surface area (Å²) in [6.07, 6.45) is 5.43. The van der Waals surface area contributed by atoms with Crippen molar-refractivity contribution in [2.75, 3.05) is 0 Å². The van der Waals surface area contributed by atoms with E-state index in [0.29, 0.717) is 27.6 Å². The van der Waals surface area contributed by atoms with E-state index in [0.717, 1.165) is 5.69 Å². The molecule has 6 nitrogen and oxygen atoms in total. The lowest BCUT2D eigenvalue weighted by atomic mass is 10.2. The minimum absolute atomic E-state index is 0.176. The van der Waals surface area contributed by atoms with Crippen LogP contribution in [0.1, 0.15) is 5.69 Å². The van der Waals surface area contributed by atoms with Crippen LogP contribution in [0.15, 0.2) is 83.1 Å². The average molecular weight is 403 g/mol. The second kappa shape index (κ2) is 7.14. The van der Waals surface area contributed by atoms with E-state index >= 15 is 0 Å². The molecule has 0 fully saturated rings. The quantitative estimate of drug-likeness (QED) is 0.337. The molecule has 0 amide bonds. The van der Waals surface area contributed by atoms with E-state index in [1.54, 1.807) is 42.6 Å². The molecular weight excluding hydrogens is 389 g/mol. The summed E-state index contributed by atoms with van der Waals surface area (Å²) in [5.41, 5.74) is 1.23. The molecule has 0 atom stereocenters. The number of aromatic nitrogens is 5. The molecule has 5 aromatic rings. The van der Waals surface area contributed by atoms with Crippen molar-refractivity contribution >= 4 is 28.4 Å². The largest absolute Gasteiger partial charge is 0.291 e. The van der Waals surface area contributed by atoms with E-state index in [1.165, 1.54) is 22.4 Å². The zero-order valence-corrected chi connectivity index (χ0v) is 15.9. The van der Waals surface area contributed by atoms with E-state index in [1.807, 2.05) is 28.9 Å². The molecule has 0 aliphatic carbocycles. The minimum atomic E-state index is -0.481. The maximum absolute atomic E-state index is 14.5. The van der Waals surface area contributed by atoms with Crippen LogP contribution in [0.25, 0.3) is 22.4 Å². The Morgan fingerprint density at radius 2 is 1.83 bits per heavy atom. The molecule has 0 bridgehead atoms. The Labute approximate surface area is 168 Å². The number of benzene rings is 2. The van der Waals surface area contributed by atoms with Gasteiger partial charge in [0.1, 0.15) is 5.82 Å². The first-order valence-corrected chi connectivity index (χ1v) is 9.87. The fourth-order valence-electron chi connectivity index (χ4n) is 3.14. The van der Waals surface area contributed by atoms with Crippen molar-refractivity contribution in [3.63, 3.8) is 0 Å². The molecule has 3 heterocycles. The molecular formula is C21H14FN5OS. The van der Waals surface area contributed by atoms with Crippen LogP contribution in [0.2, 0.25) is 0 Å². The van der Waals surface area contributed by atoms with Crippen molar-refractivity contribution < 1.29 is 4.39 Å². The Morgan fingerprint density at radius 3 is 2.69 bits per heavy atom. The first-order valence-electron chi connectivity index (χ1n) is 8.89. The Kier molecular flexibility index (Phi) is 4.33. The lowest BCUT2D eigenvalue weighted by molar-refractivity contribution is 0.608. The molecule has 2 aromatic carbocycles.